The second-order valence-corrected chi connectivity index (χ2v) is 5.79. The number of benzene rings is 1. The lowest BCUT2D eigenvalue weighted by Crippen LogP contribution is -2.25. The van der Waals surface area contributed by atoms with Crippen molar-refractivity contribution in [2.24, 2.45) is 4.99 Å². The molecule has 0 aliphatic rings. The largest absolute Gasteiger partial charge is 0.494 e. The highest BCUT2D eigenvalue weighted by Gasteiger charge is 2.17. The van der Waals surface area contributed by atoms with Gasteiger partial charge in [-0.25, -0.2) is 0 Å². The van der Waals surface area contributed by atoms with Crippen LogP contribution in [0.2, 0.25) is 0 Å². The third-order valence-corrected chi connectivity index (χ3v) is 4.03. The van der Waals surface area contributed by atoms with Crippen molar-refractivity contribution in [2.75, 3.05) is 0 Å². The van der Waals surface area contributed by atoms with Gasteiger partial charge in [-0.05, 0) is 31.9 Å². The maximum absolute atomic E-state index is 12.3. The van der Waals surface area contributed by atoms with E-state index < -0.39 is 10.5 Å². The van der Waals surface area contributed by atoms with Crippen molar-refractivity contribution in [3.63, 3.8) is 0 Å². The molecule has 0 radical (unpaired) electrons. The Balaban J connectivity index is 2.60. The van der Waals surface area contributed by atoms with Crippen molar-refractivity contribution in [2.45, 2.75) is 33.7 Å². The Bertz CT molecular complexity index is 1000. The van der Waals surface area contributed by atoms with E-state index in [0.29, 0.717) is 23.2 Å². The average Bonchev–Trinajstić information content (AvgIpc) is 2.60. The number of hydrogen-bond donors (Lipinski definition) is 1. The lowest BCUT2D eigenvalue weighted by molar-refractivity contribution is -0.385. The number of rotatable bonds is 5. The van der Waals surface area contributed by atoms with Crippen LogP contribution in [-0.4, -0.2) is 20.8 Å². The molecule has 0 aliphatic carbocycles. The van der Waals surface area contributed by atoms with Gasteiger partial charge in [0, 0.05) is 24.4 Å². The van der Waals surface area contributed by atoms with Gasteiger partial charge in [0.05, 0.1) is 16.2 Å². The van der Waals surface area contributed by atoms with Crippen molar-refractivity contribution in [1.29, 1.82) is 5.26 Å². The quantitative estimate of drug-likeness (QED) is 0.502. The first-order valence-electron chi connectivity index (χ1n) is 7.97. The number of aromatic hydroxyl groups is 1. The Morgan fingerprint density at radius 2 is 2.12 bits per heavy atom. The van der Waals surface area contributed by atoms with Crippen molar-refractivity contribution in [3.8, 4) is 11.9 Å². The lowest BCUT2D eigenvalue weighted by atomic mass is 10.1. The summed E-state index contributed by atoms with van der Waals surface area (Å²) in [5, 5.41) is 30.7. The molecule has 0 saturated carbocycles. The summed E-state index contributed by atoms with van der Waals surface area (Å²) in [6.07, 6.45) is 1.91. The van der Waals surface area contributed by atoms with Crippen LogP contribution < -0.4 is 5.56 Å². The Labute approximate surface area is 149 Å². The minimum absolute atomic E-state index is 0.0609. The van der Waals surface area contributed by atoms with Crippen molar-refractivity contribution >= 4 is 17.6 Å². The van der Waals surface area contributed by atoms with Crippen LogP contribution in [0.25, 0.3) is 0 Å². The van der Waals surface area contributed by atoms with E-state index in [2.05, 4.69) is 4.99 Å². The summed E-state index contributed by atoms with van der Waals surface area (Å²) >= 11 is 0. The first-order valence-corrected chi connectivity index (χ1v) is 7.97. The molecule has 1 aromatic heterocycles. The van der Waals surface area contributed by atoms with E-state index in [1.807, 2.05) is 13.0 Å². The van der Waals surface area contributed by atoms with Crippen LogP contribution in [0.4, 0.5) is 11.4 Å². The SMILES string of the molecule is CCCn1c(O)c(C=Nc2ccc(C)c([N+](=O)[O-])c2)c(C)c(C#N)c1=O. The predicted octanol–water partition coefficient (Wildman–Crippen LogP) is 3.11. The molecule has 0 fully saturated rings. The third kappa shape index (κ3) is 3.47. The predicted molar refractivity (Wildman–Crippen MR) is 97.2 cm³/mol. The molecule has 2 rings (SSSR count). The molecule has 134 valence electrons. The van der Waals surface area contributed by atoms with Crippen LogP contribution in [-0.2, 0) is 6.54 Å². The zero-order chi connectivity index (χ0) is 19.4. The first-order chi connectivity index (χ1) is 12.3. The van der Waals surface area contributed by atoms with Gasteiger partial charge in [-0.3, -0.25) is 24.5 Å². The smallest absolute Gasteiger partial charge is 0.274 e. The molecule has 2 aromatic rings. The fraction of sp³-hybridized carbons (Fsp3) is 0.278. The lowest BCUT2D eigenvalue weighted by Gasteiger charge is -2.13. The highest BCUT2D eigenvalue weighted by atomic mass is 16.6. The van der Waals surface area contributed by atoms with Crippen LogP contribution in [0.5, 0.6) is 5.88 Å². The Morgan fingerprint density at radius 1 is 1.42 bits per heavy atom. The van der Waals surface area contributed by atoms with Gasteiger partial charge < -0.3 is 5.11 Å². The van der Waals surface area contributed by atoms with E-state index in [1.165, 1.54) is 12.3 Å². The molecule has 8 heteroatoms. The number of aliphatic imine (C=N–C) groups is 1. The highest BCUT2D eigenvalue weighted by Crippen LogP contribution is 2.25. The topological polar surface area (TPSA) is 122 Å². The summed E-state index contributed by atoms with van der Waals surface area (Å²) in [4.78, 5) is 27.0. The number of aromatic nitrogens is 1. The molecule has 1 heterocycles. The number of nitrogens with zero attached hydrogens (tertiary/aromatic N) is 4. The van der Waals surface area contributed by atoms with Gasteiger partial charge in [0.25, 0.3) is 11.2 Å². The summed E-state index contributed by atoms with van der Waals surface area (Å²) in [6.45, 7) is 5.28. The van der Waals surface area contributed by atoms with Crippen LogP contribution in [0.3, 0.4) is 0 Å². The maximum Gasteiger partial charge on any atom is 0.274 e. The molecule has 8 nitrogen and oxygen atoms in total. The van der Waals surface area contributed by atoms with Gasteiger partial charge in [0.2, 0.25) is 5.88 Å². The summed E-state index contributed by atoms with van der Waals surface area (Å²) in [5.74, 6) is -0.279. The number of hydrogen-bond acceptors (Lipinski definition) is 6. The molecule has 0 aliphatic heterocycles. The van der Waals surface area contributed by atoms with Crippen molar-refractivity contribution < 1.29 is 10.0 Å². The standard InChI is InChI=1S/C18H18N4O4/c1-4-7-21-17(23)14(9-19)12(3)15(18(21)24)10-20-13-6-5-11(2)16(8-13)22(25)26/h5-6,8,10,24H,4,7H2,1-3H3. The van der Waals surface area contributed by atoms with Crippen molar-refractivity contribution in [1.82, 2.24) is 4.57 Å². The van der Waals surface area contributed by atoms with Crippen LogP contribution in [0, 0.1) is 35.3 Å². The fourth-order valence-electron chi connectivity index (χ4n) is 2.57. The monoisotopic (exact) mass is 354 g/mol. The molecular weight excluding hydrogens is 336 g/mol. The molecule has 1 aromatic carbocycles. The highest BCUT2D eigenvalue weighted by molar-refractivity contribution is 5.87. The molecule has 0 atom stereocenters. The zero-order valence-corrected chi connectivity index (χ0v) is 14.7. The van der Waals surface area contributed by atoms with Gasteiger partial charge in [0.1, 0.15) is 11.6 Å². The Kier molecular flexibility index (Phi) is 5.52. The van der Waals surface area contributed by atoms with E-state index in [-0.39, 0.29) is 29.2 Å². The van der Waals surface area contributed by atoms with Gasteiger partial charge in [0.15, 0.2) is 0 Å². The summed E-state index contributed by atoms with van der Waals surface area (Å²) in [6, 6.07) is 6.38. The molecular formula is C18H18N4O4. The summed E-state index contributed by atoms with van der Waals surface area (Å²) in [5.41, 5.74) is 0.712. The van der Waals surface area contributed by atoms with E-state index >= 15 is 0 Å². The summed E-state index contributed by atoms with van der Waals surface area (Å²) in [7, 11) is 0. The van der Waals surface area contributed by atoms with E-state index in [4.69, 9.17) is 0 Å². The number of nitriles is 1. The Morgan fingerprint density at radius 3 is 2.69 bits per heavy atom. The van der Waals surface area contributed by atoms with E-state index in [0.717, 1.165) is 4.57 Å². The zero-order valence-electron chi connectivity index (χ0n) is 14.7. The average molecular weight is 354 g/mol. The van der Waals surface area contributed by atoms with Crippen LogP contribution in [0.1, 0.15) is 35.6 Å². The van der Waals surface area contributed by atoms with E-state index in [9.17, 15) is 25.3 Å². The minimum atomic E-state index is -0.549. The third-order valence-electron chi connectivity index (χ3n) is 4.03. The van der Waals surface area contributed by atoms with Crippen LogP contribution in [0.15, 0.2) is 28.0 Å². The van der Waals surface area contributed by atoms with Gasteiger partial charge in [-0.1, -0.05) is 13.0 Å². The number of pyridine rings is 1. The molecule has 0 bridgehead atoms. The second-order valence-electron chi connectivity index (χ2n) is 5.79. The fourth-order valence-corrected chi connectivity index (χ4v) is 2.57. The molecule has 1 N–H and O–H groups in total. The van der Waals surface area contributed by atoms with Gasteiger partial charge in [-0.2, -0.15) is 5.26 Å². The maximum atomic E-state index is 12.3. The molecule has 0 unspecified atom stereocenters. The Hall–Kier alpha value is -3.47. The first kappa shape index (κ1) is 18.9. The molecule has 0 amide bonds. The van der Waals surface area contributed by atoms with Gasteiger partial charge >= 0.3 is 0 Å². The summed E-state index contributed by atoms with van der Waals surface area (Å²) < 4.78 is 1.13. The minimum Gasteiger partial charge on any atom is -0.494 e. The van der Waals surface area contributed by atoms with Gasteiger partial charge in [-0.15, -0.1) is 0 Å². The van der Waals surface area contributed by atoms with E-state index in [1.54, 1.807) is 26.0 Å². The molecule has 0 spiro atoms. The number of nitro benzene ring substituents is 1. The number of nitro groups is 1. The normalized spacial score (nSPS) is 10.8. The number of aryl methyl sites for hydroxylation is 1. The van der Waals surface area contributed by atoms with Crippen LogP contribution >= 0.6 is 0 Å². The molecule has 0 saturated heterocycles. The molecule has 26 heavy (non-hydrogen) atoms. The van der Waals surface area contributed by atoms with Crippen molar-refractivity contribution in [3.05, 3.63) is 60.9 Å². The second kappa shape index (κ2) is 7.61.